The molecule has 204 valence electrons. The Bertz CT molecular complexity index is 566. The van der Waals surface area contributed by atoms with Crippen molar-refractivity contribution in [3.8, 4) is 0 Å². The molecule has 0 aliphatic heterocycles. The van der Waals surface area contributed by atoms with Crippen LogP contribution in [0.4, 0.5) is 4.79 Å². The summed E-state index contributed by atoms with van der Waals surface area (Å²) in [5.41, 5.74) is 4.97. The first-order chi connectivity index (χ1) is 17.0. The molecule has 7 heteroatoms. The van der Waals surface area contributed by atoms with Gasteiger partial charge in [-0.3, -0.25) is 4.79 Å². The number of nitrogens with one attached hydrogen (secondary N) is 2. The van der Waals surface area contributed by atoms with Crippen LogP contribution in [0.1, 0.15) is 135 Å². The molecule has 0 saturated heterocycles. The monoisotopic (exact) mass is 495 g/mol. The van der Waals surface area contributed by atoms with Gasteiger partial charge in [-0.15, -0.1) is 0 Å². The topological polar surface area (TPSA) is 122 Å². The van der Waals surface area contributed by atoms with Crippen LogP contribution in [0.3, 0.4) is 0 Å². The van der Waals surface area contributed by atoms with Crippen molar-refractivity contribution in [1.29, 1.82) is 0 Å². The predicted molar refractivity (Wildman–Crippen MR) is 144 cm³/mol. The standard InChI is InChI=1S/C28H53N3O4/c1-2-3-4-5-6-7-8-9-10-11-12-13-14-15-16-17-18-19-20-23-26(32)31-25(27(33)34)22-21-24-30-28(29)35/h11-12,25H,2-10,13-24H2,1H3,(H,31,32)(H,33,34)(H3,29,30,35)/b12-11-/t25-/m0/s1. The van der Waals surface area contributed by atoms with Crippen LogP contribution in [-0.4, -0.2) is 35.6 Å². The minimum atomic E-state index is -1.06. The van der Waals surface area contributed by atoms with Gasteiger partial charge in [-0.25, -0.2) is 9.59 Å². The van der Waals surface area contributed by atoms with Gasteiger partial charge < -0.3 is 21.5 Å². The lowest BCUT2D eigenvalue weighted by molar-refractivity contribution is -0.142. The molecule has 0 bridgehead atoms. The molecule has 0 saturated carbocycles. The number of carboxylic acids is 1. The summed E-state index contributed by atoms with van der Waals surface area (Å²) in [7, 11) is 0. The van der Waals surface area contributed by atoms with Gasteiger partial charge >= 0.3 is 12.0 Å². The number of rotatable bonds is 25. The zero-order chi connectivity index (χ0) is 26.0. The highest BCUT2D eigenvalue weighted by Gasteiger charge is 2.19. The number of carbonyl (C=O) groups excluding carboxylic acids is 2. The Hall–Kier alpha value is -2.05. The first-order valence-corrected chi connectivity index (χ1v) is 14.2. The van der Waals surface area contributed by atoms with Crippen LogP contribution in [0.25, 0.3) is 0 Å². The molecule has 0 radical (unpaired) electrons. The highest BCUT2D eigenvalue weighted by molar-refractivity contribution is 5.83. The minimum Gasteiger partial charge on any atom is -0.480 e. The SMILES string of the molecule is CCCCCCCCCC/C=C\CCCCCCCCCC(=O)N[C@@H](CCCNC(N)=O)C(=O)O. The Balaban J connectivity index is 3.49. The van der Waals surface area contributed by atoms with Crippen molar-refractivity contribution in [3.05, 3.63) is 12.2 Å². The maximum Gasteiger partial charge on any atom is 0.326 e. The Morgan fingerprint density at radius 3 is 1.71 bits per heavy atom. The van der Waals surface area contributed by atoms with Gasteiger partial charge in [-0.05, 0) is 44.9 Å². The lowest BCUT2D eigenvalue weighted by Gasteiger charge is -2.14. The van der Waals surface area contributed by atoms with Crippen LogP contribution < -0.4 is 16.4 Å². The van der Waals surface area contributed by atoms with Gasteiger partial charge in [0.2, 0.25) is 5.91 Å². The van der Waals surface area contributed by atoms with Gasteiger partial charge in [0.15, 0.2) is 0 Å². The van der Waals surface area contributed by atoms with Gasteiger partial charge in [0.25, 0.3) is 0 Å². The second kappa shape index (κ2) is 25.1. The summed E-state index contributed by atoms with van der Waals surface area (Å²) in [5, 5.41) is 14.2. The van der Waals surface area contributed by atoms with E-state index >= 15 is 0 Å². The highest BCUT2D eigenvalue weighted by atomic mass is 16.4. The fourth-order valence-electron chi connectivity index (χ4n) is 4.11. The second-order valence-electron chi connectivity index (χ2n) is 9.64. The van der Waals surface area contributed by atoms with E-state index in [9.17, 15) is 19.5 Å². The molecular formula is C28H53N3O4. The van der Waals surface area contributed by atoms with Crippen molar-refractivity contribution in [2.24, 2.45) is 5.73 Å². The average molecular weight is 496 g/mol. The first kappa shape index (κ1) is 33.0. The maximum atomic E-state index is 12.0. The number of primary amides is 1. The zero-order valence-electron chi connectivity index (χ0n) is 22.3. The molecule has 0 rings (SSSR count). The smallest absolute Gasteiger partial charge is 0.326 e. The molecule has 1 atom stereocenters. The summed E-state index contributed by atoms with van der Waals surface area (Å²) in [4.78, 5) is 33.9. The van der Waals surface area contributed by atoms with Crippen molar-refractivity contribution < 1.29 is 19.5 Å². The fourth-order valence-corrected chi connectivity index (χ4v) is 4.11. The number of carbonyl (C=O) groups is 3. The van der Waals surface area contributed by atoms with E-state index < -0.39 is 18.0 Å². The number of nitrogens with two attached hydrogens (primary N) is 1. The lowest BCUT2D eigenvalue weighted by Crippen LogP contribution is -2.41. The summed E-state index contributed by atoms with van der Waals surface area (Å²) in [6, 6.07) is -1.56. The number of hydrogen-bond acceptors (Lipinski definition) is 3. The van der Waals surface area contributed by atoms with E-state index in [2.05, 4.69) is 29.7 Å². The van der Waals surface area contributed by atoms with Crippen LogP contribution >= 0.6 is 0 Å². The molecule has 0 unspecified atom stereocenters. The summed E-state index contributed by atoms with van der Waals surface area (Å²) < 4.78 is 0. The first-order valence-electron chi connectivity index (χ1n) is 14.2. The summed E-state index contributed by atoms with van der Waals surface area (Å²) in [5.74, 6) is -1.28. The number of aliphatic carboxylic acids is 1. The predicted octanol–water partition coefficient (Wildman–Crippen LogP) is 6.60. The molecule has 0 aliphatic rings. The highest BCUT2D eigenvalue weighted by Crippen LogP contribution is 2.12. The van der Waals surface area contributed by atoms with Crippen molar-refractivity contribution in [1.82, 2.24) is 10.6 Å². The molecule has 35 heavy (non-hydrogen) atoms. The van der Waals surface area contributed by atoms with Gasteiger partial charge in [0, 0.05) is 13.0 Å². The van der Waals surface area contributed by atoms with E-state index in [1.54, 1.807) is 0 Å². The van der Waals surface area contributed by atoms with E-state index in [-0.39, 0.29) is 12.3 Å². The third-order valence-corrected chi connectivity index (χ3v) is 6.27. The van der Waals surface area contributed by atoms with Crippen LogP contribution in [0.5, 0.6) is 0 Å². The van der Waals surface area contributed by atoms with Crippen molar-refractivity contribution in [3.63, 3.8) is 0 Å². The van der Waals surface area contributed by atoms with Crippen LogP contribution in [0.15, 0.2) is 12.2 Å². The Labute approximate surface area is 214 Å². The molecule has 0 spiro atoms. The van der Waals surface area contributed by atoms with Crippen LogP contribution in [0, 0.1) is 0 Å². The number of amides is 3. The molecule has 0 aromatic carbocycles. The third kappa shape index (κ3) is 24.9. The molecule has 0 aromatic rings. The number of urea groups is 1. The molecule has 0 aliphatic carbocycles. The molecule has 3 amide bonds. The van der Waals surface area contributed by atoms with E-state index in [1.807, 2.05) is 0 Å². The number of hydrogen-bond donors (Lipinski definition) is 4. The van der Waals surface area contributed by atoms with Crippen LogP contribution in [0.2, 0.25) is 0 Å². The molecule has 7 nitrogen and oxygen atoms in total. The Morgan fingerprint density at radius 1 is 0.743 bits per heavy atom. The maximum absolute atomic E-state index is 12.0. The lowest BCUT2D eigenvalue weighted by atomic mass is 10.1. The van der Waals surface area contributed by atoms with Crippen molar-refractivity contribution in [2.45, 2.75) is 141 Å². The molecule has 0 fully saturated rings. The third-order valence-electron chi connectivity index (χ3n) is 6.27. The zero-order valence-corrected chi connectivity index (χ0v) is 22.3. The van der Waals surface area contributed by atoms with E-state index in [0.29, 0.717) is 19.4 Å². The molecule has 0 heterocycles. The second-order valence-corrected chi connectivity index (χ2v) is 9.64. The van der Waals surface area contributed by atoms with Gasteiger partial charge in [-0.2, -0.15) is 0 Å². The van der Waals surface area contributed by atoms with E-state index in [0.717, 1.165) is 19.3 Å². The van der Waals surface area contributed by atoms with Gasteiger partial charge in [0.05, 0.1) is 0 Å². The van der Waals surface area contributed by atoms with E-state index in [4.69, 9.17) is 5.73 Å². The molecular weight excluding hydrogens is 442 g/mol. The number of carboxylic acid groups (broad SMARTS) is 1. The molecule has 0 aromatic heterocycles. The normalized spacial score (nSPS) is 12.0. The van der Waals surface area contributed by atoms with Gasteiger partial charge in [0.1, 0.15) is 6.04 Å². The Kier molecular flexibility index (Phi) is 23.6. The van der Waals surface area contributed by atoms with Crippen LogP contribution in [-0.2, 0) is 9.59 Å². The fraction of sp³-hybridized carbons (Fsp3) is 0.821. The number of allylic oxidation sites excluding steroid dienone is 2. The number of unbranched alkanes of at least 4 members (excludes halogenated alkanes) is 15. The average Bonchev–Trinajstić information content (AvgIpc) is 2.82. The van der Waals surface area contributed by atoms with Gasteiger partial charge in [-0.1, -0.05) is 96.1 Å². The Morgan fingerprint density at radius 2 is 1.23 bits per heavy atom. The van der Waals surface area contributed by atoms with E-state index in [1.165, 1.54) is 89.9 Å². The summed E-state index contributed by atoms with van der Waals surface area (Å²) in [6.45, 7) is 2.56. The largest absolute Gasteiger partial charge is 0.480 e. The van der Waals surface area contributed by atoms with Crippen molar-refractivity contribution >= 4 is 17.9 Å². The summed E-state index contributed by atoms with van der Waals surface area (Å²) >= 11 is 0. The molecule has 5 N–H and O–H groups in total. The van der Waals surface area contributed by atoms with Crippen molar-refractivity contribution in [2.75, 3.05) is 6.54 Å². The summed E-state index contributed by atoms with van der Waals surface area (Å²) in [6.07, 6.45) is 27.0. The minimum absolute atomic E-state index is 0.223. The quantitative estimate of drug-likeness (QED) is 0.0841.